The first kappa shape index (κ1) is 14.1. The summed E-state index contributed by atoms with van der Waals surface area (Å²) in [7, 11) is 3.75. The Morgan fingerprint density at radius 1 is 1.35 bits per heavy atom. The molecule has 0 atom stereocenters. The Morgan fingerprint density at radius 2 is 2.10 bits per heavy atom. The number of hydrogen-bond donors (Lipinski definition) is 2. The maximum absolute atomic E-state index is 12.2. The van der Waals surface area contributed by atoms with Crippen molar-refractivity contribution in [2.75, 3.05) is 12.4 Å². The number of benzene rings is 1. The topological polar surface area (TPSA) is 59.0 Å². The highest BCUT2D eigenvalue weighted by atomic mass is 16.1. The van der Waals surface area contributed by atoms with Gasteiger partial charge in [0.15, 0.2) is 0 Å². The third-order valence-corrected chi connectivity index (χ3v) is 3.54. The second-order valence-corrected chi connectivity index (χ2v) is 4.84. The van der Waals surface area contributed by atoms with Crippen LogP contribution in [0.4, 0.5) is 5.69 Å². The summed E-state index contributed by atoms with van der Waals surface area (Å²) in [6.07, 6.45) is 1.78. The van der Waals surface area contributed by atoms with E-state index < -0.39 is 0 Å². The SMILES string of the molecule is CNc1ccc(C(=O)NCc2cnn(C)c2C)c(C)c1. The molecule has 0 bridgehead atoms. The monoisotopic (exact) mass is 272 g/mol. The quantitative estimate of drug-likeness (QED) is 0.895. The molecule has 0 saturated carbocycles. The number of aromatic nitrogens is 2. The molecule has 0 aliphatic rings. The van der Waals surface area contributed by atoms with Crippen LogP contribution in [0.3, 0.4) is 0 Å². The van der Waals surface area contributed by atoms with Crippen LogP contribution in [0.15, 0.2) is 24.4 Å². The fourth-order valence-corrected chi connectivity index (χ4v) is 2.06. The first-order valence-corrected chi connectivity index (χ1v) is 6.57. The summed E-state index contributed by atoms with van der Waals surface area (Å²) in [5.41, 5.74) is 4.75. The number of rotatable bonds is 4. The van der Waals surface area contributed by atoms with Crippen LogP contribution in [0.25, 0.3) is 0 Å². The van der Waals surface area contributed by atoms with Gasteiger partial charge in [0, 0.05) is 43.1 Å². The van der Waals surface area contributed by atoms with Gasteiger partial charge in [-0.3, -0.25) is 9.48 Å². The summed E-state index contributed by atoms with van der Waals surface area (Å²) >= 11 is 0. The zero-order valence-corrected chi connectivity index (χ0v) is 12.3. The summed E-state index contributed by atoms with van der Waals surface area (Å²) in [6, 6.07) is 5.70. The van der Waals surface area contributed by atoms with Crippen molar-refractivity contribution in [2.45, 2.75) is 20.4 Å². The second kappa shape index (κ2) is 5.77. The Balaban J connectivity index is 2.07. The highest BCUT2D eigenvalue weighted by Crippen LogP contribution is 2.15. The molecule has 0 radical (unpaired) electrons. The lowest BCUT2D eigenvalue weighted by molar-refractivity contribution is 0.0950. The Morgan fingerprint density at radius 3 is 2.65 bits per heavy atom. The van der Waals surface area contributed by atoms with Gasteiger partial charge in [-0.15, -0.1) is 0 Å². The molecule has 2 rings (SSSR count). The van der Waals surface area contributed by atoms with E-state index in [2.05, 4.69) is 15.7 Å². The van der Waals surface area contributed by atoms with E-state index in [-0.39, 0.29) is 5.91 Å². The Bertz CT molecular complexity index is 631. The Labute approximate surface area is 119 Å². The molecule has 0 fully saturated rings. The molecule has 5 nitrogen and oxygen atoms in total. The number of amides is 1. The molecule has 2 N–H and O–H groups in total. The molecule has 0 unspecified atom stereocenters. The smallest absolute Gasteiger partial charge is 0.251 e. The Hall–Kier alpha value is -2.30. The summed E-state index contributed by atoms with van der Waals surface area (Å²) in [6.45, 7) is 4.41. The average Bonchev–Trinajstić information content (AvgIpc) is 2.76. The first-order valence-electron chi connectivity index (χ1n) is 6.57. The van der Waals surface area contributed by atoms with Crippen LogP contribution in [0, 0.1) is 13.8 Å². The Kier molecular flexibility index (Phi) is 4.08. The van der Waals surface area contributed by atoms with Gasteiger partial charge in [-0.1, -0.05) is 0 Å². The zero-order valence-electron chi connectivity index (χ0n) is 12.3. The van der Waals surface area contributed by atoms with Crippen molar-refractivity contribution < 1.29 is 4.79 Å². The van der Waals surface area contributed by atoms with Gasteiger partial charge in [-0.25, -0.2) is 0 Å². The largest absolute Gasteiger partial charge is 0.388 e. The summed E-state index contributed by atoms with van der Waals surface area (Å²) in [5, 5.41) is 10.2. The number of aryl methyl sites for hydroxylation is 2. The predicted octanol–water partition coefficient (Wildman–Crippen LogP) is 2.01. The third-order valence-electron chi connectivity index (χ3n) is 3.54. The maximum atomic E-state index is 12.2. The van der Waals surface area contributed by atoms with E-state index in [0.29, 0.717) is 12.1 Å². The maximum Gasteiger partial charge on any atom is 0.251 e. The summed E-state index contributed by atoms with van der Waals surface area (Å²) in [5.74, 6) is -0.0617. The van der Waals surface area contributed by atoms with E-state index in [9.17, 15) is 4.79 Å². The van der Waals surface area contributed by atoms with E-state index in [1.807, 2.05) is 46.1 Å². The van der Waals surface area contributed by atoms with Crippen LogP contribution >= 0.6 is 0 Å². The fraction of sp³-hybridized carbons (Fsp3) is 0.333. The van der Waals surface area contributed by atoms with Gasteiger partial charge in [0.05, 0.1) is 6.20 Å². The number of carbonyl (C=O) groups excluding carboxylic acids is 1. The molecule has 1 aromatic heterocycles. The molecule has 106 valence electrons. The predicted molar refractivity (Wildman–Crippen MR) is 79.8 cm³/mol. The average molecular weight is 272 g/mol. The molecular weight excluding hydrogens is 252 g/mol. The number of nitrogens with one attached hydrogen (secondary N) is 2. The molecule has 5 heteroatoms. The van der Waals surface area contributed by atoms with Crippen molar-refractivity contribution in [3.63, 3.8) is 0 Å². The van der Waals surface area contributed by atoms with E-state index in [4.69, 9.17) is 0 Å². The molecule has 0 aliphatic heterocycles. The minimum atomic E-state index is -0.0617. The van der Waals surface area contributed by atoms with Crippen LogP contribution in [0.1, 0.15) is 27.2 Å². The van der Waals surface area contributed by atoms with Crippen molar-refractivity contribution in [3.8, 4) is 0 Å². The minimum absolute atomic E-state index is 0.0617. The van der Waals surface area contributed by atoms with Crippen LogP contribution in [-0.4, -0.2) is 22.7 Å². The van der Waals surface area contributed by atoms with Crippen molar-refractivity contribution in [1.82, 2.24) is 15.1 Å². The second-order valence-electron chi connectivity index (χ2n) is 4.84. The van der Waals surface area contributed by atoms with Gasteiger partial charge >= 0.3 is 0 Å². The van der Waals surface area contributed by atoms with Crippen molar-refractivity contribution in [2.24, 2.45) is 7.05 Å². The van der Waals surface area contributed by atoms with Gasteiger partial charge in [0.1, 0.15) is 0 Å². The molecule has 0 spiro atoms. The molecule has 0 saturated heterocycles. The molecule has 1 heterocycles. The van der Waals surface area contributed by atoms with Crippen molar-refractivity contribution >= 4 is 11.6 Å². The van der Waals surface area contributed by atoms with Gasteiger partial charge in [0.25, 0.3) is 5.91 Å². The number of hydrogen-bond acceptors (Lipinski definition) is 3. The molecule has 1 amide bonds. The van der Waals surface area contributed by atoms with Gasteiger partial charge in [-0.05, 0) is 37.6 Å². The number of nitrogens with zero attached hydrogens (tertiary/aromatic N) is 2. The zero-order chi connectivity index (χ0) is 14.7. The van der Waals surface area contributed by atoms with Gasteiger partial charge < -0.3 is 10.6 Å². The lowest BCUT2D eigenvalue weighted by Gasteiger charge is -2.09. The van der Waals surface area contributed by atoms with Crippen molar-refractivity contribution in [3.05, 3.63) is 46.8 Å². The number of carbonyl (C=O) groups is 1. The molecular formula is C15H20N4O. The van der Waals surface area contributed by atoms with E-state index in [1.54, 1.807) is 10.9 Å². The molecule has 2 aromatic rings. The highest BCUT2D eigenvalue weighted by Gasteiger charge is 2.10. The van der Waals surface area contributed by atoms with Crippen LogP contribution < -0.4 is 10.6 Å². The molecule has 0 aliphatic carbocycles. The van der Waals surface area contributed by atoms with Gasteiger partial charge in [0.2, 0.25) is 0 Å². The lowest BCUT2D eigenvalue weighted by atomic mass is 10.1. The van der Waals surface area contributed by atoms with Gasteiger partial charge in [-0.2, -0.15) is 5.10 Å². The van der Waals surface area contributed by atoms with Crippen LogP contribution in [0.2, 0.25) is 0 Å². The molecule has 1 aromatic carbocycles. The van der Waals surface area contributed by atoms with E-state index in [1.165, 1.54) is 0 Å². The third kappa shape index (κ3) is 2.82. The lowest BCUT2D eigenvalue weighted by Crippen LogP contribution is -2.23. The molecule has 20 heavy (non-hydrogen) atoms. The summed E-state index contributed by atoms with van der Waals surface area (Å²) in [4.78, 5) is 12.2. The summed E-state index contributed by atoms with van der Waals surface area (Å²) < 4.78 is 1.80. The van der Waals surface area contributed by atoms with E-state index >= 15 is 0 Å². The van der Waals surface area contributed by atoms with Crippen LogP contribution in [-0.2, 0) is 13.6 Å². The fourth-order valence-electron chi connectivity index (χ4n) is 2.06. The normalized spacial score (nSPS) is 10.4. The highest BCUT2D eigenvalue weighted by molar-refractivity contribution is 5.96. The number of anilines is 1. The van der Waals surface area contributed by atoms with Crippen LogP contribution in [0.5, 0.6) is 0 Å². The first-order chi connectivity index (χ1) is 9.52. The van der Waals surface area contributed by atoms with E-state index in [0.717, 1.165) is 22.5 Å². The minimum Gasteiger partial charge on any atom is -0.388 e. The standard InChI is InChI=1S/C15H20N4O/c1-10-7-13(16-3)5-6-14(10)15(20)17-8-12-9-18-19(4)11(12)2/h5-7,9,16H,8H2,1-4H3,(H,17,20). The van der Waals surface area contributed by atoms with Crippen molar-refractivity contribution in [1.29, 1.82) is 0 Å².